The first-order valence-corrected chi connectivity index (χ1v) is 6.08. The first-order chi connectivity index (χ1) is 8.74. The molecule has 1 aromatic heterocycles. The minimum absolute atomic E-state index is 0.289. The second kappa shape index (κ2) is 5.80. The van der Waals surface area contributed by atoms with Crippen LogP contribution in [-0.4, -0.2) is 9.97 Å². The molecule has 0 radical (unpaired) electrons. The molecule has 0 unspecified atom stereocenters. The van der Waals surface area contributed by atoms with E-state index < -0.39 is 0 Å². The van der Waals surface area contributed by atoms with Gasteiger partial charge in [-0.25, -0.2) is 4.98 Å². The van der Waals surface area contributed by atoms with E-state index in [0.717, 1.165) is 17.0 Å². The summed E-state index contributed by atoms with van der Waals surface area (Å²) in [6.07, 6.45) is 4.01. The summed E-state index contributed by atoms with van der Waals surface area (Å²) in [5, 5.41) is 0.739. The number of aryl methyl sites for hydroxylation is 1. The van der Waals surface area contributed by atoms with E-state index in [-0.39, 0.29) is 6.54 Å². The van der Waals surface area contributed by atoms with Crippen LogP contribution in [0.1, 0.15) is 18.2 Å². The number of nitrogens with zero attached hydrogens (tertiary/aromatic N) is 2. The van der Waals surface area contributed by atoms with Crippen LogP contribution in [0.2, 0.25) is 5.02 Å². The van der Waals surface area contributed by atoms with Crippen molar-refractivity contribution < 1.29 is 4.74 Å². The van der Waals surface area contributed by atoms with Gasteiger partial charge in [-0.1, -0.05) is 18.5 Å². The van der Waals surface area contributed by atoms with Crippen LogP contribution in [0.15, 0.2) is 30.6 Å². The molecule has 4 nitrogen and oxygen atoms in total. The van der Waals surface area contributed by atoms with Crippen LogP contribution >= 0.6 is 11.6 Å². The molecule has 0 aliphatic carbocycles. The summed E-state index contributed by atoms with van der Waals surface area (Å²) >= 11 is 6.05. The number of benzene rings is 1. The summed E-state index contributed by atoms with van der Waals surface area (Å²) in [6, 6.07) is 5.52. The van der Waals surface area contributed by atoms with Gasteiger partial charge in [0.05, 0.1) is 0 Å². The van der Waals surface area contributed by atoms with Crippen molar-refractivity contribution in [2.45, 2.75) is 19.9 Å². The quantitative estimate of drug-likeness (QED) is 0.921. The van der Waals surface area contributed by atoms with E-state index in [9.17, 15) is 0 Å². The first kappa shape index (κ1) is 12.8. The van der Waals surface area contributed by atoms with Gasteiger partial charge in [0.1, 0.15) is 11.4 Å². The van der Waals surface area contributed by atoms with Gasteiger partial charge in [0.25, 0.3) is 0 Å². The van der Waals surface area contributed by atoms with Crippen LogP contribution < -0.4 is 10.5 Å². The Balaban J connectivity index is 2.28. The van der Waals surface area contributed by atoms with Gasteiger partial charge in [0.2, 0.25) is 5.88 Å². The van der Waals surface area contributed by atoms with Gasteiger partial charge < -0.3 is 10.5 Å². The lowest BCUT2D eigenvalue weighted by Crippen LogP contribution is -2.03. The molecule has 0 amide bonds. The van der Waals surface area contributed by atoms with Gasteiger partial charge in [-0.15, -0.1) is 0 Å². The number of halogens is 1. The van der Waals surface area contributed by atoms with Gasteiger partial charge in [0.15, 0.2) is 0 Å². The predicted octanol–water partition coefficient (Wildman–Crippen LogP) is 2.94. The highest BCUT2D eigenvalue weighted by atomic mass is 35.5. The average molecular weight is 264 g/mol. The SMILES string of the molecule is CCc1cc(Oc2nccnc2CN)ccc1Cl. The van der Waals surface area contributed by atoms with Crippen molar-refractivity contribution >= 4 is 11.6 Å². The standard InChI is InChI=1S/C13H14ClN3O/c1-2-9-7-10(3-4-11(9)14)18-13-12(8-15)16-5-6-17-13/h3-7H,2,8,15H2,1H3. The normalized spacial score (nSPS) is 10.4. The van der Waals surface area contributed by atoms with Crippen LogP contribution in [0, 0.1) is 0 Å². The highest BCUT2D eigenvalue weighted by Crippen LogP contribution is 2.26. The molecule has 0 atom stereocenters. The number of aromatic nitrogens is 2. The minimum Gasteiger partial charge on any atom is -0.437 e. The van der Waals surface area contributed by atoms with Crippen LogP contribution in [0.4, 0.5) is 0 Å². The van der Waals surface area contributed by atoms with Crippen molar-refractivity contribution in [1.29, 1.82) is 0 Å². The minimum atomic E-state index is 0.289. The summed E-state index contributed by atoms with van der Waals surface area (Å²) in [4.78, 5) is 8.24. The Kier molecular flexibility index (Phi) is 4.12. The molecule has 94 valence electrons. The van der Waals surface area contributed by atoms with Crippen LogP contribution in [0.5, 0.6) is 11.6 Å². The third-order valence-electron chi connectivity index (χ3n) is 2.54. The predicted molar refractivity (Wildman–Crippen MR) is 70.8 cm³/mol. The van der Waals surface area contributed by atoms with Crippen molar-refractivity contribution in [2.24, 2.45) is 5.73 Å². The molecular weight excluding hydrogens is 250 g/mol. The monoisotopic (exact) mass is 263 g/mol. The van der Waals surface area contributed by atoms with Crippen LogP contribution in [-0.2, 0) is 13.0 Å². The summed E-state index contributed by atoms with van der Waals surface area (Å²) in [7, 11) is 0. The van der Waals surface area contributed by atoms with E-state index in [4.69, 9.17) is 22.1 Å². The topological polar surface area (TPSA) is 61.0 Å². The van der Waals surface area contributed by atoms with Crippen molar-refractivity contribution in [1.82, 2.24) is 9.97 Å². The van der Waals surface area contributed by atoms with Gasteiger partial charge in [0, 0.05) is 24.0 Å². The summed E-state index contributed by atoms with van der Waals surface area (Å²) < 4.78 is 5.69. The Bertz CT molecular complexity index is 546. The maximum atomic E-state index is 6.05. The number of rotatable bonds is 4. The highest BCUT2D eigenvalue weighted by molar-refractivity contribution is 6.31. The summed E-state index contributed by atoms with van der Waals surface area (Å²) in [5.41, 5.74) is 7.25. The zero-order valence-corrected chi connectivity index (χ0v) is 10.8. The second-order valence-corrected chi connectivity index (χ2v) is 4.13. The lowest BCUT2D eigenvalue weighted by molar-refractivity contribution is 0.451. The molecule has 2 N–H and O–H groups in total. The van der Waals surface area contributed by atoms with E-state index in [2.05, 4.69) is 9.97 Å². The number of nitrogens with two attached hydrogens (primary N) is 1. The Morgan fingerprint density at radius 2 is 2.06 bits per heavy atom. The molecule has 0 aliphatic heterocycles. The second-order valence-electron chi connectivity index (χ2n) is 3.72. The largest absolute Gasteiger partial charge is 0.437 e. The van der Waals surface area contributed by atoms with E-state index in [1.165, 1.54) is 0 Å². The third kappa shape index (κ3) is 2.78. The molecule has 5 heteroatoms. The van der Waals surface area contributed by atoms with Gasteiger partial charge in [-0.3, -0.25) is 4.98 Å². The lowest BCUT2D eigenvalue weighted by atomic mass is 10.1. The maximum absolute atomic E-state index is 6.05. The van der Waals surface area contributed by atoms with E-state index in [0.29, 0.717) is 17.3 Å². The molecule has 0 fully saturated rings. The van der Waals surface area contributed by atoms with E-state index in [1.54, 1.807) is 18.5 Å². The van der Waals surface area contributed by atoms with E-state index in [1.807, 2.05) is 19.1 Å². The van der Waals surface area contributed by atoms with Crippen LogP contribution in [0.25, 0.3) is 0 Å². The Labute approximate surface area is 111 Å². The molecule has 18 heavy (non-hydrogen) atoms. The zero-order valence-electron chi connectivity index (χ0n) is 10.1. The molecule has 0 saturated carbocycles. The van der Waals surface area contributed by atoms with Gasteiger partial charge >= 0.3 is 0 Å². The maximum Gasteiger partial charge on any atom is 0.242 e. The van der Waals surface area contributed by atoms with Crippen molar-refractivity contribution in [3.63, 3.8) is 0 Å². The molecule has 0 bridgehead atoms. The fourth-order valence-corrected chi connectivity index (χ4v) is 1.83. The Morgan fingerprint density at radius 3 is 2.78 bits per heavy atom. The van der Waals surface area contributed by atoms with Crippen molar-refractivity contribution in [3.8, 4) is 11.6 Å². The molecule has 0 saturated heterocycles. The number of hydrogen-bond acceptors (Lipinski definition) is 4. The average Bonchev–Trinajstić information content (AvgIpc) is 2.41. The lowest BCUT2D eigenvalue weighted by Gasteiger charge is -2.09. The number of ether oxygens (including phenoxy) is 1. The molecule has 0 spiro atoms. The molecule has 1 aromatic carbocycles. The summed E-state index contributed by atoms with van der Waals surface area (Å²) in [6.45, 7) is 2.33. The fraction of sp³-hybridized carbons (Fsp3) is 0.231. The Morgan fingerprint density at radius 1 is 1.28 bits per heavy atom. The van der Waals surface area contributed by atoms with Crippen molar-refractivity contribution in [2.75, 3.05) is 0 Å². The zero-order chi connectivity index (χ0) is 13.0. The number of hydrogen-bond donors (Lipinski definition) is 1. The smallest absolute Gasteiger partial charge is 0.242 e. The van der Waals surface area contributed by atoms with Crippen LogP contribution in [0.3, 0.4) is 0 Å². The van der Waals surface area contributed by atoms with Gasteiger partial charge in [-0.05, 0) is 30.2 Å². The highest BCUT2D eigenvalue weighted by Gasteiger charge is 2.07. The molecule has 1 heterocycles. The summed E-state index contributed by atoms with van der Waals surface area (Å²) in [5.74, 6) is 1.12. The molecule has 0 aliphatic rings. The molecule has 2 aromatic rings. The van der Waals surface area contributed by atoms with E-state index >= 15 is 0 Å². The van der Waals surface area contributed by atoms with Crippen molar-refractivity contribution in [3.05, 3.63) is 46.9 Å². The third-order valence-corrected chi connectivity index (χ3v) is 2.91. The Hall–Kier alpha value is -1.65. The molecule has 2 rings (SSSR count). The van der Waals surface area contributed by atoms with Gasteiger partial charge in [-0.2, -0.15) is 0 Å². The molecular formula is C13H14ClN3O. The fourth-order valence-electron chi connectivity index (χ4n) is 1.58. The first-order valence-electron chi connectivity index (χ1n) is 5.70.